The molecule has 1 atom stereocenters. The number of rotatable bonds is 3. The van der Waals surface area contributed by atoms with Gasteiger partial charge in [-0.05, 0) is 19.4 Å². The van der Waals surface area contributed by atoms with Crippen LogP contribution < -0.4 is 10.6 Å². The standard InChI is InChI=1S/C11H18N4O.2ClH/c1-15-7-6-13-10(15)8-14-11(16)9-4-2-3-5-12-9;;/h6-7,9,12H,2-5,8H2,1H3,(H,14,16);2*1H/t9-;;/m1../s1. The summed E-state index contributed by atoms with van der Waals surface area (Å²) in [4.78, 5) is 16.0. The number of hydrogen-bond acceptors (Lipinski definition) is 3. The third-order valence-electron chi connectivity index (χ3n) is 2.97. The molecular formula is C11H20Cl2N4O. The Balaban J connectivity index is 0.00000144. The highest BCUT2D eigenvalue weighted by Gasteiger charge is 2.20. The molecule has 2 N–H and O–H groups in total. The van der Waals surface area contributed by atoms with Crippen LogP contribution in [0, 0.1) is 0 Å². The van der Waals surface area contributed by atoms with E-state index in [-0.39, 0.29) is 36.8 Å². The molecule has 1 aliphatic heterocycles. The summed E-state index contributed by atoms with van der Waals surface area (Å²) in [6.45, 7) is 1.45. The quantitative estimate of drug-likeness (QED) is 0.875. The van der Waals surface area contributed by atoms with E-state index < -0.39 is 0 Å². The Morgan fingerprint density at radius 3 is 2.89 bits per heavy atom. The van der Waals surface area contributed by atoms with Gasteiger partial charge in [0.25, 0.3) is 0 Å². The summed E-state index contributed by atoms with van der Waals surface area (Å²) >= 11 is 0. The molecule has 2 heterocycles. The SMILES string of the molecule is Cl.Cl.Cn1ccnc1CNC(=O)[C@H]1CCCCN1. The molecule has 0 bridgehead atoms. The Labute approximate surface area is 120 Å². The number of halogens is 2. The highest BCUT2D eigenvalue weighted by Crippen LogP contribution is 2.06. The molecule has 104 valence electrons. The van der Waals surface area contributed by atoms with Gasteiger partial charge in [0.1, 0.15) is 5.82 Å². The van der Waals surface area contributed by atoms with Crippen molar-refractivity contribution >= 4 is 30.7 Å². The van der Waals surface area contributed by atoms with Gasteiger partial charge in [-0.2, -0.15) is 0 Å². The summed E-state index contributed by atoms with van der Waals surface area (Å²) in [6, 6.07) is -0.0194. The molecule has 0 spiro atoms. The van der Waals surface area contributed by atoms with Gasteiger partial charge in [0.2, 0.25) is 5.91 Å². The Kier molecular flexibility index (Phi) is 7.98. The van der Waals surface area contributed by atoms with E-state index in [1.807, 2.05) is 17.8 Å². The highest BCUT2D eigenvalue weighted by molar-refractivity contribution is 5.85. The first kappa shape index (κ1) is 17.2. The summed E-state index contributed by atoms with van der Waals surface area (Å²) in [5, 5.41) is 6.14. The number of aromatic nitrogens is 2. The van der Waals surface area contributed by atoms with Crippen molar-refractivity contribution < 1.29 is 4.79 Å². The fourth-order valence-corrected chi connectivity index (χ4v) is 1.93. The second-order valence-electron chi connectivity index (χ2n) is 4.17. The molecule has 1 saturated heterocycles. The molecule has 0 radical (unpaired) electrons. The van der Waals surface area contributed by atoms with E-state index in [4.69, 9.17) is 0 Å². The van der Waals surface area contributed by atoms with Gasteiger partial charge in [0.15, 0.2) is 0 Å². The van der Waals surface area contributed by atoms with Crippen LogP contribution >= 0.6 is 24.8 Å². The van der Waals surface area contributed by atoms with E-state index >= 15 is 0 Å². The van der Waals surface area contributed by atoms with E-state index in [1.165, 1.54) is 6.42 Å². The van der Waals surface area contributed by atoms with Gasteiger partial charge in [-0.15, -0.1) is 24.8 Å². The van der Waals surface area contributed by atoms with Crippen LogP contribution in [0.15, 0.2) is 12.4 Å². The number of carbonyl (C=O) groups excluding carboxylic acids is 1. The molecular weight excluding hydrogens is 275 g/mol. The summed E-state index contributed by atoms with van der Waals surface area (Å²) < 4.78 is 1.91. The number of aryl methyl sites for hydroxylation is 1. The molecule has 0 unspecified atom stereocenters. The van der Waals surface area contributed by atoms with Gasteiger partial charge in [-0.1, -0.05) is 6.42 Å². The van der Waals surface area contributed by atoms with Crippen LogP contribution in [0.1, 0.15) is 25.1 Å². The smallest absolute Gasteiger partial charge is 0.237 e. The molecule has 7 heteroatoms. The molecule has 0 saturated carbocycles. The number of piperidine rings is 1. The lowest BCUT2D eigenvalue weighted by atomic mass is 10.0. The third-order valence-corrected chi connectivity index (χ3v) is 2.97. The second-order valence-corrected chi connectivity index (χ2v) is 4.17. The molecule has 5 nitrogen and oxygen atoms in total. The lowest BCUT2D eigenvalue weighted by Gasteiger charge is -2.22. The maximum atomic E-state index is 11.8. The lowest BCUT2D eigenvalue weighted by Crippen LogP contribution is -2.46. The van der Waals surface area contributed by atoms with Crippen LogP contribution in [0.25, 0.3) is 0 Å². The molecule has 1 fully saturated rings. The van der Waals surface area contributed by atoms with Crippen LogP contribution in [0.2, 0.25) is 0 Å². The Morgan fingerprint density at radius 2 is 2.33 bits per heavy atom. The number of nitrogens with one attached hydrogen (secondary N) is 2. The minimum absolute atomic E-state index is 0. The zero-order chi connectivity index (χ0) is 11.4. The molecule has 2 rings (SSSR count). The van der Waals surface area contributed by atoms with Gasteiger partial charge in [0.05, 0.1) is 12.6 Å². The molecule has 18 heavy (non-hydrogen) atoms. The summed E-state index contributed by atoms with van der Waals surface area (Å²) in [5.74, 6) is 0.965. The van der Waals surface area contributed by atoms with Crippen LogP contribution in [0.4, 0.5) is 0 Å². The maximum absolute atomic E-state index is 11.8. The molecule has 1 aromatic heterocycles. The number of carbonyl (C=O) groups is 1. The largest absolute Gasteiger partial charge is 0.348 e. The number of hydrogen-bond donors (Lipinski definition) is 2. The van der Waals surface area contributed by atoms with Crippen LogP contribution in [-0.4, -0.2) is 28.0 Å². The minimum atomic E-state index is -0.0194. The molecule has 1 amide bonds. The van der Waals surface area contributed by atoms with E-state index in [0.717, 1.165) is 25.2 Å². The Bertz CT molecular complexity index is 364. The first-order chi connectivity index (χ1) is 7.77. The maximum Gasteiger partial charge on any atom is 0.237 e. The van der Waals surface area contributed by atoms with Gasteiger partial charge in [0, 0.05) is 19.4 Å². The lowest BCUT2D eigenvalue weighted by molar-refractivity contribution is -0.123. The van der Waals surface area contributed by atoms with Crippen LogP contribution in [-0.2, 0) is 18.4 Å². The zero-order valence-electron chi connectivity index (χ0n) is 10.4. The van der Waals surface area contributed by atoms with Gasteiger partial charge in [-0.3, -0.25) is 4.79 Å². The van der Waals surface area contributed by atoms with E-state index in [0.29, 0.717) is 6.54 Å². The molecule has 1 aromatic rings. The van der Waals surface area contributed by atoms with Crippen molar-refractivity contribution in [3.63, 3.8) is 0 Å². The first-order valence-corrected chi connectivity index (χ1v) is 5.74. The molecule has 0 aliphatic carbocycles. The van der Waals surface area contributed by atoms with E-state index in [1.54, 1.807) is 6.20 Å². The minimum Gasteiger partial charge on any atom is -0.348 e. The Morgan fingerprint density at radius 1 is 1.56 bits per heavy atom. The fraction of sp³-hybridized carbons (Fsp3) is 0.636. The van der Waals surface area contributed by atoms with Crippen molar-refractivity contribution in [2.75, 3.05) is 6.54 Å². The summed E-state index contributed by atoms with van der Waals surface area (Å²) in [6.07, 6.45) is 6.85. The summed E-state index contributed by atoms with van der Waals surface area (Å²) in [5.41, 5.74) is 0. The monoisotopic (exact) mass is 294 g/mol. The highest BCUT2D eigenvalue weighted by atomic mass is 35.5. The number of amides is 1. The van der Waals surface area contributed by atoms with Crippen molar-refractivity contribution in [3.05, 3.63) is 18.2 Å². The van der Waals surface area contributed by atoms with Crippen LogP contribution in [0.5, 0.6) is 0 Å². The predicted octanol–water partition coefficient (Wildman–Crippen LogP) is 1.02. The second kappa shape index (κ2) is 8.34. The van der Waals surface area contributed by atoms with Crippen molar-refractivity contribution in [2.24, 2.45) is 7.05 Å². The number of imidazole rings is 1. The van der Waals surface area contributed by atoms with Crippen LogP contribution in [0.3, 0.4) is 0 Å². The number of nitrogens with zero attached hydrogens (tertiary/aromatic N) is 2. The topological polar surface area (TPSA) is 59.0 Å². The van der Waals surface area contributed by atoms with Gasteiger partial charge >= 0.3 is 0 Å². The van der Waals surface area contributed by atoms with Crippen molar-refractivity contribution in [1.29, 1.82) is 0 Å². The first-order valence-electron chi connectivity index (χ1n) is 5.74. The summed E-state index contributed by atoms with van der Waals surface area (Å²) in [7, 11) is 1.92. The van der Waals surface area contributed by atoms with E-state index in [9.17, 15) is 4.79 Å². The van der Waals surface area contributed by atoms with Crippen molar-refractivity contribution in [2.45, 2.75) is 31.8 Å². The van der Waals surface area contributed by atoms with Gasteiger partial charge < -0.3 is 15.2 Å². The average Bonchev–Trinajstić information content (AvgIpc) is 2.73. The van der Waals surface area contributed by atoms with Gasteiger partial charge in [-0.25, -0.2) is 4.98 Å². The molecule has 1 aliphatic rings. The average molecular weight is 295 g/mol. The molecule has 0 aromatic carbocycles. The van der Waals surface area contributed by atoms with Crippen molar-refractivity contribution in [3.8, 4) is 0 Å². The fourth-order valence-electron chi connectivity index (χ4n) is 1.93. The van der Waals surface area contributed by atoms with E-state index in [2.05, 4.69) is 15.6 Å². The Hall–Kier alpha value is -0.780. The van der Waals surface area contributed by atoms with Crippen molar-refractivity contribution in [1.82, 2.24) is 20.2 Å². The predicted molar refractivity (Wildman–Crippen MR) is 75.2 cm³/mol. The third kappa shape index (κ3) is 4.48. The zero-order valence-corrected chi connectivity index (χ0v) is 12.0. The normalized spacial score (nSPS) is 18.4.